The fraction of sp³-hybridized carbons (Fsp3) is 0.562. The molecule has 3 heteroatoms. The molecule has 0 radical (unpaired) electrons. The summed E-state index contributed by atoms with van der Waals surface area (Å²) in [4.78, 5) is 0. The van der Waals surface area contributed by atoms with Crippen molar-refractivity contribution in [2.75, 3.05) is 13.7 Å². The van der Waals surface area contributed by atoms with E-state index in [1.807, 2.05) is 12.1 Å². The highest BCUT2D eigenvalue weighted by Crippen LogP contribution is 2.47. The molecule has 1 saturated carbocycles. The number of hydrogen-bond acceptors (Lipinski definition) is 3. The molecule has 2 atom stereocenters. The van der Waals surface area contributed by atoms with Crippen molar-refractivity contribution in [3.8, 4) is 11.8 Å². The lowest BCUT2D eigenvalue weighted by Gasteiger charge is -2.20. The van der Waals surface area contributed by atoms with Gasteiger partial charge in [0, 0.05) is 5.54 Å². The van der Waals surface area contributed by atoms with Gasteiger partial charge in [-0.05, 0) is 63.3 Å². The Bertz CT molecular complexity index is 496. The number of methoxy groups -OCH3 is 1. The van der Waals surface area contributed by atoms with Crippen LogP contribution in [0.25, 0.3) is 0 Å². The number of nitriles is 1. The average Bonchev–Trinajstić information content (AvgIpc) is 3.14. The second-order valence-corrected chi connectivity index (χ2v) is 6.30. The van der Waals surface area contributed by atoms with Crippen molar-refractivity contribution >= 4 is 0 Å². The van der Waals surface area contributed by atoms with E-state index < -0.39 is 0 Å². The highest BCUT2D eigenvalue weighted by atomic mass is 16.5. The standard InChI is InChI=1S/C16H22N2O/c1-16(2,3)18-10-13-8-14(13)11-5-6-15(19-4)12(7-11)9-17/h5-7,13-14,18H,8,10H2,1-4H3. The van der Waals surface area contributed by atoms with E-state index in [0.29, 0.717) is 23.1 Å². The van der Waals surface area contributed by atoms with Gasteiger partial charge in [-0.15, -0.1) is 0 Å². The van der Waals surface area contributed by atoms with Gasteiger partial charge in [0.05, 0.1) is 12.7 Å². The first-order valence-electron chi connectivity index (χ1n) is 6.77. The zero-order chi connectivity index (χ0) is 14.0. The van der Waals surface area contributed by atoms with Crippen molar-refractivity contribution < 1.29 is 4.74 Å². The molecule has 1 N–H and O–H groups in total. The third-order valence-electron chi connectivity index (χ3n) is 3.59. The summed E-state index contributed by atoms with van der Waals surface area (Å²) in [6, 6.07) is 8.16. The van der Waals surface area contributed by atoms with E-state index in [0.717, 1.165) is 6.54 Å². The number of rotatable bonds is 4. The molecule has 0 heterocycles. The summed E-state index contributed by atoms with van der Waals surface area (Å²) in [7, 11) is 1.60. The van der Waals surface area contributed by atoms with Crippen LogP contribution in [0.3, 0.4) is 0 Å². The smallest absolute Gasteiger partial charge is 0.136 e. The van der Waals surface area contributed by atoms with Gasteiger partial charge in [-0.2, -0.15) is 5.26 Å². The quantitative estimate of drug-likeness (QED) is 0.902. The molecule has 1 aliphatic carbocycles. The lowest BCUT2D eigenvalue weighted by molar-refractivity contribution is 0.412. The Hall–Kier alpha value is -1.53. The maximum atomic E-state index is 9.11. The molecule has 3 nitrogen and oxygen atoms in total. The minimum Gasteiger partial charge on any atom is -0.495 e. The largest absolute Gasteiger partial charge is 0.495 e. The Morgan fingerprint density at radius 3 is 2.74 bits per heavy atom. The molecule has 1 aromatic rings. The van der Waals surface area contributed by atoms with Crippen molar-refractivity contribution in [2.24, 2.45) is 5.92 Å². The summed E-state index contributed by atoms with van der Waals surface area (Å²) >= 11 is 0. The van der Waals surface area contributed by atoms with Crippen molar-refractivity contribution in [1.82, 2.24) is 5.32 Å². The number of ether oxygens (including phenoxy) is 1. The van der Waals surface area contributed by atoms with Crippen LogP contribution < -0.4 is 10.1 Å². The molecule has 1 aliphatic rings. The SMILES string of the molecule is COc1ccc(C2CC2CNC(C)(C)C)cc1C#N. The molecular formula is C16H22N2O. The molecule has 0 bridgehead atoms. The Morgan fingerprint density at radius 2 is 2.16 bits per heavy atom. The summed E-state index contributed by atoms with van der Waals surface area (Å²) in [6.45, 7) is 7.60. The first kappa shape index (κ1) is 13.9. The van der Waals surface area contributed by atoms with E-state index in [-0.39, 0.29) is 5.54 Å². The van der Waals surface area contributed by atoms with E-state index in [1.165, 1.54) is 12.0 Å². The van der Waals surface area contributed by atoms with Gasteiger partial charge in [-0.25, -0.2) is 0 Å². The van der Waals surface area contributed by atoms with Gasteiger partial charge in [0.1, 0.15) is 11.8 Å². The van der Waals surface area contributed by atoms with Gasteiger partial charge in [0.25, 0.3) is 0 Å². The second kappa shape index (κ2) is 5.22. The van der Waals surface area contributed by atoms with Crippen LogP contribution >= 0.6 is 0 Å². The molecule has 2 unspecified atom stereocenters. The first-order chi connectivity index (χ1) is 8.94. The maximum absolute atomic E-state index is 9.11. The van der Waals surface area contributed by atoms with Crippen LogP contribution in [0.4, 0.5) is 0 Å². The van der Waals surface area contributed by atoms with Crippen molar-refractivity contribution in [2.45, 2.75) is 38.6 Å². The molecule has 0 amide bonds. The number of nitrogens with one attached hydrogen (secondary N) is 1. The summed E-state index contributed by atoms with van der Waals surface area (Å²) in [5.74, 6) is 1.95. The summed E-state index contributed by atoms with van der Waals surface area (Å²) in [6.07, 6.45) is 1.21. The van der Waals surface area contributed by atoms with Crippen molar-refractivity contribution in [3.05, 3.63) is 29.3 Å². The van der Waals surface area contributed by atoms with E-state index in [4.69, 9.17) is 10.00 Å². The van der Waals surface area contributed by atoms with E-state index in [9.17, 15) is 0 Å². The monoisotopic (exact) mass is 258 g/mol. The molecule has 1 aromatic carbocycles. The Kier molecular flexibility index (Phi) is 3.82. The molecule has 0 aliphatic heterocycles. The highest BCUT2D eigenvalue weighted by Gasteiger charge is 2.38. The van der Waals surface area contributed by atoms with Crippen molar-refractivity contribution in [3.63, 3.8) is 0 Å². The highest BCUT2D eigenvalue weighted by molar-refractivity contribution is 5.47. The molecule has 102 valence electrons. The molecule has 0 saturated heterocycles. The summed E-state index contributed by atoms with van der Waals surface area (Å²) in [5.41, 5.74) is 2.07. The Labute approximate surface area is 115 Å². The minimum absolute atomic E-state index is 0.171. The van der Waals surface area contributed by atoms with Crippen molar-refractivity contribution in [1.29, 1.82) is 5.26 Å². The molecule has 1 fully saturated rings. The lowest BCUT2D eigenvalue weighted by atomic mass is 10.0. The van der Waals surface area contributed by atoms with Gasteiger partial charge in [0.2, 0.25) is 0 Å². The predicted octanol–water partition coefficient (Wildman–Crippen LogP) is 3.06. The third-order valence-corrected chi connectivity index (χ3v) is 3.59. The summed E-state index contributed by atoms with van der Waals surface area (Å²) < 4.78 is 5.18. The predicted molar refractivity (Wildman–Crippen MR) is 76.3 cm³/mol. The Morgan fingerprint density at radius 1 is 1.42 bits per heavy atom. The average molecular weight is 258 g/mol. The van der Waals surface area contributed by atoms with Gasteiger partial charge in [-0.1, -0.05) is 6.07 Å². The van der Waals surface area contributed by atoms with Crippen LogP contribution in [0.15, 0.2) is 18.2 Å². The number of benzene rings is 1. The van der Waals surface area contributed by atoms with E-state index >= 15 is 0 Å². The third kappa shape index (κ3) is 3.48. The summed E-state index contributed by atoms with van der Waals surface area (Å²) in [5, 5.41) is 12.7. The van der Waals surface area contributed by atoms with Crippen LogP contribution in [-0.2, 0) is 0 Å². The Balaban J connectivity index is 2.00. The lowest BCUT2D eigenvalue weighted by Crippen LogP contribution is -2.37. The first-order valence-corrected chi connectivity index (χ1v) is 6.77. The van der Waals surface area contributed by atoms with E-state index in [2.05, 4.69) is 38.2 Å². The van der Waals surface area contributed by atoms with Gasteiger partial charge in [-0.3, -0.25) is 0 Å². The fourth-order valence-corrected chi connectivity index (χ4v) is 2.36. The van der Waals surface area contributed by atoms with Crippen LogP contribution in [0.5, 0.6) is 5.75 Å². The second-order valence-electron chi connectivity index (χ2n) is 6.30. The fourth-order valence-electron chi connectivity index (χ4n) is 2.36. The van der Waals surface area contributed by atoms with Crippen LogP contribution in [0.1, 0.15) is 44.2 Å². The molecule has 0 aromatic heterocycles. The maximum Gasteiger partial charge on any atom is 0.136 e. The van der Waals surface area contributed by atoms with Gasteiger partial charge in [0.15, 0.2) is 0 Å². The molecule has 0 spiro atoms. The van der Waals surface area contributed by atoms with Crippen LogP contribution in [-0.4, -0.2) is 19.2 Å². The van der Waals surface area contributed by atoms with Crippen LogP contribution in [0, 0.1) is 17.2 Å². The number of nitrogens with zero attached hydrogens (tertiary/aromatic N) is 1. The normalized spacial score (nSPS) is 21.8. The van der Waals surface area contributed by atoms with Crippen LogP contribution in [0.2, 0.25) is 0 Å². The zero-order valence-electron chi connectivity index (χ0n) is 12.2. The zero-order valence-corrected chi connectivity index (χ0v) is 12.2. The molecule has 2 rings (SSSR count). The minimum atomic E-state index is 0.171. The number of hydrogen-bond donors (Lipinski definition) is 1. The topological polar surface area (TPSA) is 45.0 Å². The molecule has 19 heavy (non-hydrogen) atoms. The van der Waals surface area contributed by atoms with Gasteiger partial charge < -0.3 is 10.1 Å². The van der Waals surface area contributed by atoms with E-state index in [1.54, 1.807) is 7.11 Å². The molecular weight excluding hydrogens is 236 g/mol. The van der Waals surface area contributed by atoms with Gasteiger partial charge >= 0.3 is 0 Å².